The maximum atomic E-state index is 13.1. The molecule has 2 aromatic carbocycles. The highest BCUT2D eigenvalue weighted by Crippen LogP contribution is 2.44. The standard InChI is InChI=1S/C24H25F3N2O3S/c1-14-11-17(9-10-19(14)32-13-20(30)31)33-21(18-12-28-29-22(18)23(2,3)4)15-5-7-16(8-6-15)24(25,26)27/h5-12,21H,13H2,1-4H3,(H,28,29)(H,30,31). The van der Waals surface area contributed by atoms with Crippen molar-refractivity contribution < 1.29 is 27.8 Å². The van der Waals surface area contributed by atoms with E-state index in [9.17, 15) is 18.0 Å². The number of nitrogens with one attached hydrogen (secondary N) is 1. The van der Waals surface area contributed by atoms with Gasteiger partial charge in [-0.15, -0.1) is 11.8 Å². The van der Waals surface area contributed by atoms with Gasteiger partial charge in [0.15, 0.2) is 6.61 Å². The van der Waals surface area contributed by atoms with E-state index in [0.29, 0.717) is 11.3 Å². The number of nitrogens with zero attached hydrogens (tertiary/aromatic N) is 1. The molecule has 1 heterocycles. The van der Waals surface area contributed by atoms with Gasteiger partial charge in [0.05, 0.1) is 17.0 Å². The molecule has 1 unspecified atom stereocenters. The molecule has 1 atom stereocenters. The minimum absolute atomic E-state index is 0.249. The van der Waals surface area contributed by atoms with Crippen LogP contribution in [0.3, 0.4) is 0 Å². The minimum Gasteiger partial charge on any atom is -0.482 e. The molecule has 0 aliphatic carbocycles. The van der Waals surface area contributed by atoms with Crippen molar-refractivity contribution in [3.8, 4) is 5.75 Å². The largest absolute Gasteiger partial charge is 0.482 e. The van der Waals surface area contributed by atoms with E-state index in [1.807, 2.05) is 39.8 Å². The number of benzene rings is 2. The molecule has 0 fully saturated rings. The van der Waals surface area contributed by atoms with Gasteiger partial charge < -0.3 is 9.84 Å². The molecule has 3 aromatic rings. The van der Waals surface area contributed by atoms with Gasteiger partial charge in [-0.3, -0.25) is 5.10 Å². The van der Waals surface area contributed by atoms with E-state index in [1.165, 1.54) is 23.9 Å². The Balaban J connectivity index is 1.99. The molecule has 9 heteroatoms. The first-order valence-corrected chi connectivity index (χ1v) is 11.1. The van der Waals surface area contributed by atoms with Crippen LogP contribution in [-0.4, -0.2) is 27.9 Å². The Labute approximate surface area is 194 Å². The molecular formula is C24H25F3N2O3S. The molecule has 0 aliphatic rings. The van der Waals surface area contributed by atoms with Crippen LogP contribution in [0.15, 0.2) is 53.6 Å². The van der Waals surface area contributed by atoms with Crippen molar-refractivity contribution in [2.24, 2.45) is 0 Å². The summed E-state index contributed by atoms with van der Waals surface area (Å²) < 4.78 is 44.6. The first-order chi connectivity index (χ1) is 15.4. The maximum Gasteiger partial charge on any atom is 0.416 e. The predicted octanol–water partition coefficient (Wildman–Crippen LogP) is 6.38. The Bertz CT molecular complexity index is 1120. The van der Waals surface area contributed by atoms with E-state index in [4.69, 9.17) is 9.84 Å². The first kappa shape index (κ1) is 24.7. The SMILES string of the molecule is Cc1cc(SC(c2ccc(C(F)(F)F)cc2)c2cn[nH]c2C(C)(C)C)ccc1OCC(=O)O. The summed E-state index contributed by atoms with van der Waals surface area (Å²) in [5.74, 6) is -0.601. The second kappa shape index (κ2) is 9.51. The van der Waals surface area contributed by atoms with Crippen LogP contribution in [0.2, 0.25) is 0 Å². The fourth-order valence-corrected chi connectivity index (χ4v) is 4.65. The Hall–Kier alpha value is -2.94. The van der Waals surface area contributed by atoms with Crippen molar-refractivity contribution in [3.05, 3.63) is 76.6 Å². The number of aryl methyl sites for hydroxylation is 1. The van der Waals surface area contributed by atoms with Crippen LogP contribution in [0.4, 0.5) is 13.2 Å². The van der Waals surface area contributed by atoms with E-state index in [-0.39, 0.29) is 10.7 Å². The number of carbonyl (C=O) groups is 1. The van der Waals surface area contributed by atoms with E-state index < -0.39 is 24.3 Å². The number of hydrogen-bond donors (Lipinski definition) is 2. The third-order valence-corrected chi connectivity index (χ3v) is 6.28. The van der Waals surface area contributed by atoms with Gasteiger partial charge in [0.25, 0.3) is 0 Å². The molecule has 176 valence electrons. The Morgan fingerprint density at radius 1 is 1.15 bits per heavy atom. The molecule has 3 rings (SSSR count). The average Bonchev–Trinajstić information content (AvgIpc) is 3.21. The summed E-state index contributed by atoms with van der Waals surface area (Å²) >= 11 is 1.48. The fourth-order valence-electron chi connectivity index (χ4n) is 3.39. The molecule has 0 amide bonds. The van der Waals surface area contributed by atoms with E-state index in [2.05, 4.69) is 10.2 Å². The predicted molar refractivity (Wildman–Crippen MR) is 121 cm³/mol. The highest BCUT2D eigenvalue weighted by molar-refractivity contribution is 7.99. The van der Waals surface area contributed by atoms with Crippen molar-refractivity contribution in [3.63, 3.8) is 0 Å². The third-order valence-electron chi connectivity index (χ3n) is 4.99. The molecule has 0 aliphatic heterocycles. The Morgan fingerprint density at radius 3 is 2.36 bits per heavy atom. The van der Waals surface area contributed by atoms with Crippen LogP contribution in [0.25, 0.3) is 0 Å². The monoisotopic (exact) mass is 478 g/mol. The zero-order valence-corrected chi connectivity index (χ0v) is 19.5. The van der Waals surface area contributed by atoms with Crippen molar-refractivity contribution in [1.82, 2.24) is 10.2 Å². The second-order valence-corrected chi connectivity index (χ2v) is 9.86. The Kier molecular flexibility index (Phi) is 7.11. The van der Waals surface area contributed by atoms with Gasteiger partial charge in [-0.2, -0.15) is 18.3 Å². The van der Waals surface area contributed by atoms with Gasteiger partial charge in [-0.1, -0.05) is 32.9 Å². The number of hydrogen-bond acceptors (Lipinski definition) is 4. The lowest BCUT2D eigenvalue weighted by Crippen LogP contribution is -2.16. The number of alkyl halides is 3. The molecule has 5 nitrogen and oxygen atoms in total. The van der Waals surface area contributed by atoms with Gasteiger partial charge >= 0.3 is 12.1 Å². The number of ether oxygens (including phenoxy) is 1. The van der Waals surface area contributed by atoms with Crippen LogP contribution >= 0.6 is 11.8 Å². The molecular weight excluding hydrogens is 453 g/mol. The summed E-state index contributed by atoms with van der Waals surface area (Å²) in [4.78, 5) is 11.6. The van der Waals surface area contributed by atoms with E-state index >= 15 is 0 Å². The summed E-state index contributed by atoms with van der Waals surface area (Å²) in [6.07, 6.45) is -2.69. The highest BCUT2D eigenvalue weighted by Gasteiger charge is 2.31. The molecule has 0 radical (unpaired) electrons. The first-order valence-electron chi connectivity index (χ1n) is 10.2. The highest BCUT2D eigenvalue weighted by atomic mass is 32.2. The number of aromatic nitrogens is 2. The normalized spacial score (nSPS) is 13.1. The number of aromatic amines is 1. The molecule has 2 N–H and O–H groups in total. The zero-order valence-electron chi connectivity index (χ0n) is 18.7. The quantitative estimate of drug-likeness (QED) is 0.386. The summed E-state index contributed by atoms with van der Waals surface area (Å²) in [6.45, 7) is 7.49. The molecule has 0 spiro atoms. The molecule has 1 aromatic heterocycles. The van der Waals surface area contributed by atoms with Crippen LogP contribution in [-0.2, 0) is 16.4 Å². The topological polar surface area (TPSA) is 75.2 Å². The summed E-state index contributed by atoms with van der Waals surface area (Å²) in [7, 11) is 0. The smallest absolute Gasteiger partial charge is 0.416 e. The van der Waals surface area contributed by atoms with E-state index in [0.717, 1.165) is 33.8 Å². The van der Waals surface area contributed by atoms with Crippen LogP contribution in [0, 0.1) is 6.92 Å². The Morgan fingerprint density at radius 2 is 1.82 bits per heavy atom. The van der Waals surface area contributed by atoms with Gasteiger partial charge in [-0.25, -0.2) is 4.79 Å². The summed E-state index contributed by atoms with van der Waals surface area (Å²) in [5, 5.41) is 15.8. The van der Waals surface area contributed by atoms with Crippen LogP contribution in [0.1, 0.15) is 54.0 Å². The number of H-pyrrole nitrogens is 1. The average molecular weight is 479 g/mol. The lowest BCUT2D eigenvalue weighted by molar-refractivity contribution is -0.139. The number of rotatable bonds is 7. The van der Waals surface area contributed by atoms with Gasteiger partial charge in [0, 0.05) is 21.6 Å². The second-order valence-electron chi connectivity index (χ2n) is 8.68. The molecule has 0 saturated heterocycles. The number of aliphatic carboxylic acids is 1. The summed E-state index contributed by atoms with van der Waals surface area (Å²) in [5.41, 5.74) is 2.31. The lowest BCUT2D eigenvalue weighted by Gasteiger charge is -2.24. The summed E-state index contributed by atoms with van der Waals surface area (Å²) in [6, 6.07) is 10.6. The van der Waals surface area contributed by atoms with Crippen molar-refractivity contribution in [1.29, 1.82) is 0 Å². The fraction of sp³-hybridized carbons (Fsp3) is 0.333. The minimum atomic E-state index is -4.41. The van der Waals surface area contributed by atoms with Crippen molar-refractivity contribution in [2.45, 2.75) is 49.4 Å². The van der Waals surface area contributed by atoms with Gasteiger partial charge in [0.1, 0.15) is 5.75 Å². The number of halogens is 3. The molecule has 33 heavy (non-hydrogen) atoms. The zero-order chi connectivity index (χ0) is 24.4. The lowest BCUT2D eigenvalue weighted by atomic mass is 9.87. The number of carboxylic acids is 1. The maximum absolute atomic E-state index is 13.1. The number of carboxylic acid groups (broad SMARTS) is 1. The molecule has 0 bridgehead atoms. The van der Waals surface area contributed by atoms with Gasteiger partial charge in [-0.05, 0) is 48.4 Å². The number of thioether (sulfide) groups is 1. The third kappa shape index (κ3) is 6.10. The van der Waals surface area contributed by atoms with Crippen molar-refractivity contribution in [2.75, 3.05) is 6.61 Å². The van der Waals surface area contributed by atoms with Gasteiger partial charge in [0.2, 0.25) is 0 Å². The molecule has 0 saturated carbocycles. The van der Waals surface area contributed by atoms with Crippen LogP contribution < -0.4 is 4.74 Å². The van der Waals surface area contributed by atoms with Crippen LogP contribution in [0.5, 0.6) is 5.75 Å². The van der Waals surface area contributed by atoms with Crippen molar-refractivity contribution >= 4 is 17.7 Å². The van der Waals surface area contributed by atoms with E-state index in [1.54, 1.807) is 12.3 Å².